The highest BCUT2D eigenvalue weighted by atomic mass is 32.1. The third kappa shape index (κ3) is 2.83. The summed E-state index contributed by atoms with van der Waals surface area (Å²) < 4.78 is 0. The van der Waals surface area contributed by atoms with E-state index in [1.54, 1.807) is 11.3 Å². The fourth-order valence-corrected chi connectivity index (χ4v) is 3.52. The molecular formula is C13H21NOS. The van der Waals surface area contributed by atoms with Gasteiger partial charge in [-0.15, -0.1) is 11.3 Å². The van der Waals surface area contributed by atoms with Crippen molar-refractivity contribution in [1.82, 2.24) is 4.98 Å². The Morgan fingerprint density at radius 3 is 2.94 bits per heavy atom. The first-order valence-electron chi connectivity index (χ1n) is 6.28. The molecule has 1 aromatic rings. The average Bonchev–Trinajstić information content (AvgIpc) is 2.67. The molecule has 3 unspecified atom stereocenters. The van der Waals surface area contributed by atoms with Gasteiger partial charge in [0.25, 0.3) is 0 Å². The molecule has 0 spiro atoms. The van der Waals surface area contributed by atoms with Crippen LogP contribution in [0.25, 0.3) is 0 Å². The Kier molecular flexibility index (Phi) is 3.98. The number of aliphatic hydroxyl groups excluding tert-OH is 1. The Morgan fingerprint density at radius 2 is 2.31 bits per heavy atom. The third-order valence-corrected chi connectivity index (χ3v) is 4.72. The average molecular weight is 239 g/mol. The zero-order chi connectivity index (χ0) is 11.5. The molecule has 1 aliphatic carbocycles. The van der Waals surface area contributed by atoms with Gasteiger partial charge in [0.2, 0.25) is 0 Å². The molecule has 1 aliphatic rings. The van der Waals surface area contributed by atoms with Crippen LogP contribution in [0.4, 0.5) is 0 Å². The number of aliphatic hydroxyl groups is 1. The molecule has 0 bridgehead atoms. The van der Waals surface area contributed by atoms with E-state index < -0.39 is 0 Å². The zero-order valence-electron chi connectivity index (χ0n) is 10.1. The van der Waals surface area contributed by atoms with E-state index in [-0.39, 0.29) is 6.10 Å². The van der Waals surface area contributed by atoms with Gasteiger partial charge < -0.3 is 5.11 Å². The van der Waals surface area contributed by atoms with Crippen molar-refractivity contribution in [2.75, 3.05) is 0 Å². The van der Waals surface area contributed by atoms with Gasteiger partial charge in [-0.25, -0.2) is 4.98 Å². The summed E-state index contributed by atoms with van der Waals surface area (Å²) >= 11 is 1.73. The van der Waals surface area contributed by atoms with Crippen LogP contribution < -0.4 is 0 Å². The maximum Gasteiger partial charge on any atom is 0.0931 e. The molecule has 1 saturated carbocycles. The topological polar surface area (TPSA) is 33.1 Å². The van der Waals surface area contributed by atoms with E-state index in [1.807, 2.05) is 6.92 Å². The number of aryl methyl sites for hydroxylation is 1. The molecule has 1 aromatic heterocycles. The normalized spacial score (nSPS) is 30.6. The minimum absolute atomic E-state index is 0.105. The molecular weight excluding hydrogens is 218 g/mol. The van der Waals surface area contributed by atoms with Crippen molar-refractivity contribution in [3.63, 3.8) is 0 Å². The van der Waals surface area contributed by atoms with Gasteiger partial charge in [-0.2, -0.15) is 0 Å². The predicted octanol–water partition coefficient (Wildman–Crippen LogP) is 3.18. The molecule has 0 radical (unpaired) electrons. The highest BCUT2D eigenvalue weighted by Crippen LogP contribution is 2.33. The summed E-state index contributed by atoms with van der Waals surface area (Å²) in [6, 6.07) is 0. The number of nitrogens with zero attached hydrogens (tertiary/aromatic N) is 1. The van der Waals surface area contributed by atoms with Gasteiger partial charge >= 0.3 is 0 Å². The fourth-order valence-electron chi connectivity index (χ4n) is 2.66. The zero-order valence-corrected chi connectivity index (χ0v) is 11.0. The van der Waals surface area contributed by atoms with Crippen molar-refractivity contribution in [3.05, 3.63) is 16.1 Å². The van der Waals surface area contributed by atoms with E-state index in [1.165, 1.54) is 24.3 Å². The summed E-state index contributed by atoms with van der Waals surface area (Å²) in [5.74, 6) is 1.25. The summed E-state index contributed by atoms with van der Waals surface area (Å²) in [5.41, 5.74) is 1.11. The fraction of sp³-hybridized carbons (Fsp3) is 0.769. The van der Waals surface area contributed by atoms with Crippen LogP contribution in [-0.4, -0.2) is 16.2 Å². The molecule has 0 aliphatic heterocycles. The van der Waals surface area contributed by atoms with Crippen molar-refractivity contribution in [1.29, 1.82) is 0 Å². The van der Waals surface area contributed by atoms with Gasteiger partial charge in [0.05, 0.1) is 11.1 Å². The van der Waals surface area contributed by atoms with Crippen LogP contribution >= 0.6 is 11.3 Å². The van der Waals surface area contributed by atoms with Gasteiger partial charge in [0.1, 0.15) is 0 Å². The Labute approximate surface area is 102 Å². The number of thiazole rings is 1. The summed E-state index contributed by atoms with van der Waals surface area (Å²) in [4.78, 5) is 4.50. The van der Waals surface area contributed by atoms with E-state index in [0.717, 1.165) is 24.5 Å². The molecule has 3 heteroatoms. The van der Waals surface area contributed by atoms with Crippen LogP contribution in [0.2, 0.25) is 0 Å². The summed E-state index contributed by atoms with van der Waals surface area (Å²) in [7, 11) is 0. The first-order valence-corrected chi connectivity index (χ1v) is 7.16. The van der Waals surface area contributed by atoms with Crippen molar-refractivity contribution in [3.8, 4) is 0 Å². The van der Waals surface area contributed by atoms with E-state index in [4.69, 9.17) is 0 Å². The standard InChI is InChI=1S/C13H21NOS/c1-3-10-4-5-12(15)11(6-10)7-13-14-9(2)8-16-13/h8,10-12,15H,3-7H2,1-2H3. The second kappa shape index (κ2) is 5.28. The molecule has 1 N–H and O–H groups in total. The molecule has 3 atom stereocenters. The van der Waals surface area contributed by atoms with Crippen LogP contribution in [0, 0.1) is 18.8 Å². The molecule has 0 saturated heterocycles. The van der Waals surface area contributed by atoms with Gasteiger partial charge in [-0.1, -0.05) is 13.3 Å². The first kappa shape index (κ1) is 12.1. The van der Waals surface area contributed by atoms with E-state index in [9.17, 15) is 5.11 Å². The Morgan fingerprint density at radius 1 is 1.50 bits per heavy atom. The van der Waals surface area contributed by atoms with Crippen molar-refractivity contribution in [2.45, 2.75) is 52.1 Å². The lowest BCUT2D eigenvalue weighted by Crippen LogP contribution is -2.30. The Balaban J connectivity index is 1.96. The smallest absolute Gasteiger partial charge is 0.0931 e. The maximum absolute atomic E-state index is 10.0. The quantitative estimate of drug-likeness (QED) is 0.879. The monoisotopic (exact) mass is 239 g/mol. The van der Waals surface area contributed by atoms with Crippen LogP contribution in [0.3, 0.4) is 0 Å². The van der Waals surface area contributed by atoms with Gasteiger partial charge in [-0.3, -0.25) is 0 Å². The largest absolute Gasteiger partial charge is 0.393 e. The molecule has 2 rings (SSSR count). The number of hydrogen-bond donors (Lipinski definition) is 1. The number of rotatable bonds is 3. The second-order valence-corrected chi connectivity index (χ2v) is 5.94. The molecule has 0 aromatic carbocycles. The summed E-state index contributed by atoms with van der Waals surface area (Å²) in [6.07, 6.45) is 5.47. The van der Waals surface area contributed by atoms with Crippen molar-refractivity contribution < 1.29 is 5.11 Å². The molecule has 1 fully saturated rings. The van der Waals surface area contributed by atoms with Crippen LogP contribution in [0.5, 0.6) is 0 Å². The van der Waals surface area contributed by atoms with Gasteiger partial charge in [0.15, 0.2) is 0 Å². The van der Waals surface area contributed by atoms with E-state index in [0.29, 0.717) is 5.92 Å². The predicted molar refractivity (Wildman–Crippen MR) is 67.7 cm³/mol. The number of hydrogen-bond acceptors (Lipinski definition) is 3. The molecule has 16 heavy (non-hydrogen) atoms. The van der Waals surface area contributed by atoms with Crippen molar-refractivity contribution >= 4 is 11.3 Å². The van der Waals surface area contributed by atoms with Crippen LogP contribution in [0.1, 0.15) is 43.3 Å². The van der Waals surface area contributed by atoms with Crippen molar-refractivity contribution in [2.24, 2.45) is 11.8 Å². The molecule has 90 valence electrons. The minimum Gasteiger partial charge on any atom is -0.393 e. The van der Waals surface area contributed by atoms with Gasteiger partial charge in [0, 0.05) is 17.5 Å². The van der Waals surface area contributed by atoms with E-state index >= 15 is 0 Å². The van der Waals surface area contributed by atoms with Crippen LogP contribution in [0.15, 0.2) is 5.38 Å². The SMILES string of the molecule is CCC1CCC(O)C(Cc2nc(C)cs2)C1. The lowest BCUT2D eigenvalue weighted by atomic mass is 9.77. The molecule has 0 amide bonds. The highest BCUT2D eigenvalue weighted by molar-refractivity contribution is 7.09. The first-order chi connectivity index (χ1) is 7.69. The number of aromatic nitrogens is 1. The Bertz CT molecular complexity index is 336. The van der Waals surface area contributed by atoms with Gasteiger partial charge in [-0.05, 0) is 38.0 Å². The maximum atomic E-state index is 10.0. The van der Waals surface area contributed by atoms with E-state index in [2.05, 4.69) is 17.3 Å². The lowest BCUT2D eigenvalue weighted by Gasteiger charge is -2.32. The second-order valence-electron chi connectivity index (χ2n) is 5.00. The highest BCUT2D eigenvalue weighted by Gasteiger charge is 2.28. The summed E-state index contributed by atoms with van der Waals surface area (Å²) in [5, 5.41) is 13.3. The third-order valence-electron chi connectivity index (χ3n) is 3.73. The molecule has 2 nitrogen and oxygen atoms in total. The van der Waals surface area contributed by atoms with Crippen LogP contribution in [-0.2, 0) is 6.42 Å². The Hall–Kier alpha value is -0.410. The molecule has 1 heterocycles. The summed E-state index contributed by atoms with van der Waals surface area (Å²) in [6.45, 7) is 4.29. The lowest BCUT2D eigenvalue weighted by molar-refractivity contribution is 0.0474. The minimum atomic E-state index is -0.105.